The number of rotatable bonds is 7. The molecule has 2 amide bonds. The first-order valence-corrected chi connectivity index (χ1v) is 11.8. The molecule has 1 aliphatic heterocycles. The standard InChI is InChI=1S/C24H25F3N6O4/c1-11(10-34)29-22(35)19-20(28)31-33-6-5-16(30-21(19)33)14-7-15-9-32(12(2)13-3-4-13)23(36)18(15)17(8-14)37-24(25,26)27/h5-8,11-13,34H,3-4,9-10H2,1-2H3,(H2,28,31)(H,29,35). The van der Waals surface area contributed by atoms with Gasteiger partial charge in [-0.1, -0.05) is 0 Å². The number of nitrogen functional groups attached to an aromatic ring is 1. The molecule has 1 aliphatic carbocycles. The Morgan fingerprint density at radius 1 is 1.32 bits per heavy atom. The van der Waals surface area contributed by atoms with Crippen molar-refractivity contribution in [3.05, 3.63) is 41.1 Å². The summed E-state index contributed by atoms with van der Waals surface area (Å²) in [6.45, 7) is 3.36. The van der Waals surface area contributed by atoms with Crippen LogP contribution < -0.4 is 15.8 Å². The fraction of sp³-hybridized carbons (Fsp3) is 0.417. The van der Waals surface area contributed by atoms with Crippen LogP contribution in [0.4, 0.5) is 19.0 Å². The summed E-state index contributed by atoms with van der Waals surface area (Å²) < 4.78 is 45.5. The predicted octanol–water partition coefficient (Wildman–Crippen LogP) is 2.74. The van der Waals surface area contributed by atoms with Gasteiger partial charge in [0.25, 0.3) is 11.8 Å². The first-order chi connectivity index (χ1) is 17.5. The lowest BCUT2D eigenvalue weighted by molar-refractivity contribution is -0.274. The number of carbonyl (C=O) groups excluding carboxylic acids is 2. The van der Waals surface area contributed by atoms with Crippen molar-refractivity contribution in [2.45, 2.75) is 51.7 Å². The van der Waals surface area contributed by atoms with E-state index in [4.69, 9.17) is 5.73 Å². The van der Waals surface area contributed by atoms with Crippen molar-refractivity contribution >= 4 is 23.3 Å². The Kier molecular flexibility index (Phi) is 5.97. The minimum Gasteiger partial charge on any atom is -0.405 e. The number of anilines is 1. The highest BCUT2D eigenvalue weighted by molar-refractivity contribution is 6.04. The van der Waals surface area contributed by atoms with Crippen LogP contribution in [0.15, 0.2) is 24.4 Å². The molecular formula is C24H25F3N6O4. The molecule has 1 aromatic carbocycles. The summed E-state index contributed by atoms with van der Waals surface area (Å²) in [5, 5.41) is 15.9. The van der Waals surface area contributed by atoms with E-state index in [1.165, 1.54) is 16.8 Å². The Hall–Kier alpha value is -3.87. The van der Waals surface area contributed by atoms with E-state index in [9.17, 15) is 27.9 Å². The smallest absolute Gasteiger partial charge is 0.405 e. The first kappa shape index (κ1) is 24.8. The lowest BCUT2D eigenvalue weighted by Crippen LogP contribution is -2.35. The van der Waals surface area contributed by atoms with Gasteiger partial charge in [-0.15, -0.1) is 18.3 Å². The zero-order chi connectivity index (χ0) is 26.6. The number of nitrogens with one attached hydrogen (secondary N) is 1. The number of fused-ring (bicyclic) bond motifs is 2. The molecule has 0 saturated heterocycles. The molecule has 1 fully saturated rings. The van der Waals surface area contributed by atoms with Gasteiger partial charge in [0.1, 0.15) is 11.3 Å². The number of benzene rings is 1. The number of aliphatic hydroxyl groups is 1. The maximum Gasteiger partial charge on any atom is 0.573 e. The number of amides is 2. The molecule has 2 atom stereocenters. The van der Waals surface area contributed by atoms with E-state index >= 15 is 0 Å². The summed E-state index contributed by atoms with van der Waals surface area (Å²) in [4.78, 5) is 31.9. The quantitative estimate of drug-likeness (QED) is 0.438. The van der Waals surface area contributed by atoms with Crippen LogP contribution in [0.5, 0.6) is 5.75 Å². The predicted molar refractivity (Wildman–Crippen MR) is 126 cm³/mol. The van der Waals surface area contributed by atoms with Gasteiger partial charge in [-0.25, -0.2) is 9.50 Å². The molecule has 1 saturated carbocycles. The number of ether oxygens (including phenoxy) is 1. The zero-order valence-corrected chi connectivity index (χ0v) is 20.0. The maximum atomic E-state index is 13.3. The third kappa shape index (κ3) is 4.66. The summed E-state index contributed by atoms with van der Waals surface area (Å²) in [7, 11) is 0. The van der Waals surface area contributed by atoms with E-state index < -0.39 is 30.0 Å². The van der Waals surface area contributed by atoms with Gasteiger partial charge in [-0.05, 0) is 56.4 Å². The zero-order valence-electron chi connectivity index (χ0n) is 20.0. The summed E-state index contributed by atoms with van der Waals surface area (Å²) in [5.41, 5.74) is 6.77. The monoisotopic (exact) mass is 518 g/mol. The van der Waals surface area contributed by atoms with Gasteiger partial charge in [0.15, 0.2) is 11.5 Å². The Morgan fingerprint density at radius 2 is 2.05 bits per heavy atom. The third-order valence-corrected chi connectivity index (χ3v) is 6.71. The number of alkyl halides is 3. The number of halogens is 3. The lowest BCUT2D eigenvalue weighted by atomic mass is 10.0. The van der Waals surface area contributed by atoms with Gasteiger partial charge in [0.05, 0.1) is 17.9 Å². The average molecular weight is 518 g/mol. The lowest BCUT2D eigenvalue weighted by Gasteiger charge is -2.24. The summed E-state index contributed by atoms with van der Waals surface area (Å²) >= 11 is 0. The molecule has 37 heavy (non-hydrogen) atoms. The Morgan fingerprint density at radius 3 is 2.70 bits per heavy atom. The molecule has 0 radical (unpaired) electrons. The van der Waals surface area contributed by atoms with Gasteiger partial charge >= 0.3 is 6.36 Å². The molecule has 3 heterocycles. The molecule has 3 aromatic rings. The topological polar surface area (TPSA) is 135 Å². The third-order valence-electron chi connectivity index (χ3n) is 6.71. The van der Waals surface area contributed by atoms with Gasteiger partial charge in [0, 0.05) is 30.4 Å². The summed E-state index contributed by atoms with van der Waals surface area (Å²) in [6.07, 6.45) is -1.58. The molecule has 196 valence electrons. The second kappa shape index (κ2) is 8.91. The van der Waals surface area contributed by atoms with E-state index in [0.29, 0.717) is 11.5 Å². The van der Waals surface area contributed by atoms with Crippen LogP contribution in [0, 0.1) is 5.92 Å². The second-order valence-electron chi connectivity index (χ2n) is 9.47. The SMILES string of the molecule is CC(CO)NC(=O)c1c(N)nn2ccc(-c3cc4c(c(OC(F)(F)F)c3)C(=O)N(C(C)C3CC3)C4)nc12. The normalized spacial score (nSPS) is 17.1. The molecule has 2 aliphatic rings. The van der Waals surface area contributed by atoms with Gasteiger partial charge < -0.3 is 25.8 Å². The Labute approximate surface area is 209 Å². The Bertz CT molecular complexity index is 1400. The van der Waals surface area contributed by atoms with Crippen molar-refractivity contribution in [1.29, 1.82) is 0 Å². The van der Waals surface area contributed by atoms with E-state index in [1.807, 2.05) is 6.92 Å². The second-order valence-corrected chi connectivity index (χ2v) is 9.47. The molecule has 2 aromatic heterocycles. The molecule has 13 heteroatoms. The van der Waals surface area contributed by atoms with Crippen molar-refractivity contribution in [2.24, 2.45) is 5.92 Å². The van der Waals surface area contributed by atoms with Gasteiger partial charge in [-0.3, -0.25) is 9.59 Å². The number of hydrogen-bond acceptors (Lipinski definition) is 7. The van der Waals surface area contributed by atoms with E-state index in [-0.39, 0.29) is 53.0 Å². The number of aromatic nitrogens is 3. The van der Waals surface area contributed by atoms with Crippen LogP contribution in [0.3, 0.4) is 0 Å². The minimum absolute atomic E-state index is 0.0327. The van der Waals surface area contributed by atoms with Crippen LogP contribution in [-0.2, 0) is 6.54 Å². The van der Waals surface area contributed by atoms with Crippen molar-refractivity contribution in [3.8, 4) is 17.0 Å². The average Bonchev–Trinajstić information content (AvgIpc) is 3.54. The van der Waals surface area contributed by atoms with Crippen molar-refractivity contribution in [3.63, 3.8) is 0 Å². The molecule has 5 rings (SSSR count). The number of carbonyl (C=O) groups is 2. The van der Waals surface area contributed by atoms with Crippen LogP contribution in [0.1, 0.15) is 53.0 Å². The summed E-state index contributed by atoms with van der Waals surface area (Å²) in [5.74, 6) is -1.47. The highest BCUT2D eigenvalue weighted by Crippen LogP contribution is 2.42. The van der Waals surface area contributed by atoms with E-state index in [0.717, 1.165) is 18.9 Å². The molecule has 10 nitrogen and oxygen atoms in total. The largest absolute Gasteiger partial charge is 0.573 e. The first-order valence-electron chi connectivity index (χ1n) is 11.8. The maximum absolute atomic E-state index is 13.3. The number of nitrogens with two attached hydrogens (primary N) is 1. The van der Waals surface area contributed by atoms with Crippen LogP contribution >= 0.6 is 0 Å². The summed E-state index contributed by atoms with van der Waals surface area (Å²) in [6, 6.07) is 3.60. The fourth-order valence-corrected chi connectivity index (χ4v) is 4.62. The molecule has 0 spiro atoms. The van der Waals surface area contributed by atoms with Crippen molar-refractivity contribution < 1.29 is 32.6 Å². The van der Waals surface area contributed by atoms with Crippen LogP contribution in [-0.4, -0.2) is 61.5 Å². The molecule has 2 unspecified atom stereocenters. The van der Waals surface area contributed by atoms with Crippen LogP contribution in [0.2, 0.25) is 0 Å². The minimum atomic E-state index is -5.01. The number of aliphatic hydroxyl groups excluding tert-OH is 1. The highest BCUT2D eigenvalue weighted by atomic mass is 19.4. The number of hydrogen-bond donors (Lipinski definition) is 3. The number of nitrogens with zero attached hydrogens (tertiary/aromatic N) is 4. The molecule has 0 bridgehead atoms. The van der Waals surface area contributed by atoms with Gasteiger partial charge in [0.2, 0.25) is 0 Å². The highest BCUT2D eigenvalue weighted by Gasteiger charge is 2.42. The molecule has 4 N–H and O–H groups in total. The van der Waals surface area contributed by atoms with Crippen molar-refractivity contribution in [2.75, 3.05) is 12.3 Å². The van der Waals surface area contributed by atoms with Crippen molar-refractivity contribution in [1.82, 2.24) is 24.8 Å². The molecular weight excluding hydrogens is 493 g/mol. The fourth-order valence-electron chi connectivity index (χ4n) is 4.62. The van der Waals surface area contributed by atoms with Crippen LogP contribution in [0.25, 0.3) is 16.9 Å². The van der Waals surface area contributed by atoms with E-state index in [1.54, 1.807) is 17.9 Å². The Balaban J connectivity index is 1.58. The van der Waals surface area contributed by atoms with Gasteiger partial charge in [-0.2, -0.15) is 0 Å². The van der Waals surface area contributed by atoms with E-state index in [2.05, 4.69) is 20.1 Å².